The number of hydrogen-bond acceptors (Lipinski definition) is 3. The number of fused-ring (bicyclic) bond motifs is 1. The lowest BCUT2D eigenvalue weighted by molar-refractivity contribution is -0.137. The SMILES string of the molecule is N#CN1C(c2ccccc2)=CSc2cc(C(F)(F)F)ccc21. The lowest BCUT2D eigenvalue weighted by atomic mass is 10.1. The van der Waals surface area contributed by atoms with Gasteiger partial charge in [0.25, 0.3) is 0 Å². The molecular weight excluding hydrogens is 309 g/mol. The quantitative estimate of drug-likeness (QED) is 0.685. The molecule has 0 N–H and O–H groups in total. The lowest BCUT2D eigenvalue weighted by Crippen LogP contribution is -2.18. The fraction of sp³-hybridized carbons (Fsp3) is 0.0625. The maximum atomic E-state index is 12.8. The molecule has 2 aromatic rings. The van der Waals surface area contributed by atoms with E-state index in [9.17, 15) is 18.4 Å². The Balaban J connectivity index is 2.05. The van der Waals surface area contributed by atoms with E-state index in [2.05, 4.69) is 0 Å². The second-order valence-corrected chi connectivity index (χ2v) is 5.51. The minimum absolute atomic E-state index is 0.413. The second-order valence-electron chi connectivity index (χ2n) is 4.60. The van der Waals surface area contributed by atoms with E-state index < -0.39 is 11.7 Å². The van der Waals surface area contributed by atoms with Crippen LogP contribution < -0.4 is 4.90 Å². The van der Waals surface area contributed by atoms with Crippen LogP contribution >= 0.6 is 11.8 Å². The van der Waals surface area contributed by atoms with Crippen molar-refractivity contribution in [2.75, 3.05) is 4.90 Å². The Labute approximate surface area is 129 Å². The van der Waals surface area contributed by atoms with E-state index in [1.54, 1.807) is 5.41 Å². The molecule has 1 heterocycles. The van der Waals surface area contributed by atoms with Gasteiger partial charge in [0.05, 0.1) is 16.9 Å². The highest BCUT2D eigenvalue weighted by Gasteiger charge is 2.32. The molecule has 0 unspecified atom stereocenters. The van der Waals surface area contributed by atoms with Crippen LogP contribution in [0.25, 0.3) is 5.70 Å². The Morgan fingerprint density at radius 1 is 1.05 bits per heavy atom. The maximum Gasteiger partial charge on any atom is 0.416 e. The van der Waals surface area contributed by atoms with Crippen molar-refractivity contribution in [1.29, 1.82) is 5.26 Å². The van der Waals surface area contributed by atoms with Crippen LogP contribution in [0.15, 0.2) is 58.8 Å². The monoisotopic (exact) mass is 318 g/mol. The third-order valence-electron chi connectivity index (χ3n) is 3.24. The smallest absolute Gasteiger partial charge is 0.245 e. The van der Waals surface area contributed by atoms with Crippen molar-refractivity contribution in [3.63, 3.8) is 0 Å². The van der Waals surface area contributed by atoms with Crippen LogP contribution in [-0.4, -0.2) is 0 Å². The summed E-state index contributed by atoms with van der Waals surface area (Å²) in [6, 6.07) is 12.7. The molecule has 6 heteroatoms. The molecule has 110 valence electrons. The third kappa shape index (κ3) is 2.55. The first-order valence-corrected chi connectivity index (χ1v) is 7.22. The summed E-state index contributed by atoms with van der Waals surface area (Å²) in [6.45, 7) is 0. The van der Waals surface area contributed by atoms with Gasteiger partial charge in [0.2, 0.25) is 0 Å². The van der Waals surface area contributed by atoms with Crippen molar-refractivity contribution in [3.05, 3.63) is 65.1 Å². The summed E-state index contributed by atoms with van der Waals surface area (Å²) >= 11 is 1.19. The van der Waals surface area contributed by atoms with Gasteiger partial charge in [-0.3, -0.25) is 0 Å². The number of benzene rings is 2. The number of hydrogen-bond donors (Lipinski definition) is 0. The average Bonchev–Trinajstić information content (AvgIpc) is 2.53. The van der Waals surface area contributed by atoms with Crippen molar-refractivity contribution in [2.24, 2.45) is 0 Å². The molecule has 0 saturated carbocycles. The van der Waals surface area contributed by atoms with Gasteiger partial charge in [-0.1, -0.05) is 42.1 Å². The van der Waals surface area contributed by atoms with Crippen LogP contribution in [0.2, 0.25) is 0 Å². The highest BCUT2D eigenvalue weighted by molar-refractivity contribution is 8.02. The largest absolute Gasteiger partial charge is 0.416 e. The van der Waals surface area contributed by atoms with Gasteiger partial charge < -0.3 is 0 Å². The van der Waals surface area contributed by atoms with E-state index >= 15 is 0 Å². The Morgan fingerprint density at radius 2 is 1.77 bits per heavy atom. The van der Waals surface area contributed by atoms with Gasteiger partial charge in [-0.2, -0.15) is 18.4 Å². The topological polar surface area (TPSA) is 27.0 Å². The summed E-state index contributed by atoms with van der Waals surface area (Å²) < 4.78 is 38.3. The predicted octanol–water partition coefficient (Wildman–Crippen LogP) is 5.10. The number of anilines is 1. The summed E-state index contributed by atoms with van der Waals surface area (Å²) in [6.07, 6.45) is -2.36. The Hall–Kier alpha value is -2.39. The number of thioether (sulfide) groups is 1. The van der Waals surface area contributed by atoms with Crippen molar-refractivity contribution >= 4 is 23.1 Å². The first kappa shape index (κ1) is 14.5. The van der Waals surface area contributed by atoms with Crippen molar-refractivity contribution in [1.82, 2.24) is 0 Å². The van der Waals surface area contributed by atoms with Crippen LogP contribution in [0.3, 0.4) is 0 Å². The molecule has 2 nitrogen and oxygen atoms in total. The first-order chi connectivity index (χ1) is 10.5. The summed E-state index contributed by atoms with van der Waals surface area (Å²) in [5, 5.41) is 11.1. The third-order valence-corrected chi connectivity index (χ3v) is 4.16. The van der Waals surface area contributed by atoms with Crippen LogP contribution in [0, 0.1) is 11.5 Å². The summed E-state index contributed by atoms with van der Waals surface area (Å²) in [5.41, 5.74) is 1.23. The molecule has 3 rings (SSSR count). The van der Waals surface area contributed by atoms with Crippen molar-refractivity contribution < 1.29 is 13.2 Å². The van der Waals surface area contributed by atoms with Crippen molar-refractivity contribution in [3.8, 4) is 6.19 Å². The Morgan fingerprint density at radius 3 is 2.41 bits per heavy atom. The average molecular weight is 318 g/mol. The number of rotatable bonds is 1. The first-order valence-electron chi connectivity index (χ1n) is 6.34. The van der Waals surface area contributed by atoms with Crippen LogP contribution in [0.1, 0.15) is 11.1 Å². The molecule has 0 saturated heterocycles. The minimum atomic E-state index is -4.39. The Bertz CT molecular complexity index is 776. The van der Waals surface area contributed by atoms with Gasteiger partial charge in [-0.25, -0.2) is 4.90 Å². The van der Waals surface area contributed by atoms with Gasteiger partial charge in [0.15, 0.2) is 6.19 Å². The van der Waals surface area contributed by atoms with Crippen LogP contribution in [0.4, 0.5) is 18.9 Å². The van der Waals surface area contributed by atoms with E-state index in [1.807, 2.05) is 36.5 Å². The van der Waals surface area contributed by atoms with Gasteiger partial charge >= 0.3 is 6.18 Å². The lowest BCUT2D eigenvalue weighted by Gasteiger charge is -2.26. The molecule has 0 aromatic heterocycles. The molecule has 0 spiro atoms. The standard InChI is InChI=1S/C16H9F3N2S/c17-16(18,19)12-6-7-13-15(8-12)22-9-14(21(13)10-20)11-4-2-1-3-5-11/h1-9H. The molecule has 0 fully saturated rings. The number of nitrogens with zero attached hydrogens (tertiary/aromatic N) is 2. The zero-order chi connectivity index (χ0) is 15.7. The number of alkyl halides is 3. The van der Waals surface area contributed by atoms with E-state index in [1.165, 1.54) is 22.7 Å². The fourth-order valence-corrected chi connectivity index (χ4v) is 3.14. The molecule has 2 aromatic carbocycles. The molecule has 0 aliphatic carbocycles. The van der Waals surface area contributed by atoms with Gasteiger partial charge in [0.1, 0.15) is 0 Å². The molecule has 1 aliphatic rings. The van der Waals surface area contributed by atoms with E-state index in [0.717, 1.165) is 17.7 Å². The molecule has 0 amide bonds. The van der Waals surface area contributed by atoms with Crippen LogP contribution in [0.5, 0.6) is 0 Å². The van der Waals surface area contributed by atoms with Crippen molar-refractivity contribution in [2.45, 2.75) is 11.1 Å². The summed E-state index contributed by atoms with van der Waals surface area (Å²) in [4.78, 5) is 1.76. The summed E-state index contributed by atoms with van der Waals surface area (Å²) in [5.74, 6) is 0. The van der Waals surface area contributed by atoms with Gasteiger partial charge in [-0.15, -0.1) is 0 Å². The zero-order valence-corrected chi connectivity index (χ0v) is 11.9. The minimum Gasteiger partial charge on any atom is -0.245 e. The summed E-state index contributed by atoms with van der Waals surface area (Å²) in [7, 11) is 0. The van der Waals surface area contributed by atoms with Crippen LogP contribution in [-0.2, 0) is 6.18 Å². The number of nitriles is 1. The molecule has 22 heavy (non-hydrogen) atoms. The highest BCUT2D eigenvalue weighted by Crippen LogP contribution is 2.44. The van der Waals surface area contributed by atoms with E-state index in [4.69, 9.17) is 0 Å². The number of halogens is 3. The van der Waals surface area contributed by atoms with Gasteiger partial charge in [-0.05, 0) is 23.8 Å². The molecular formula is C16H9F3N2S. The maximum absolute atomic E-state index is 12.8. The molecule has 0 atom stereocenters. The Kier molecular flexibility index (Phi) is 3.59. The molecule has 0 bridgehead atoms. The molecule has 0 radical (unpaired) electrons. The van der Waals surface area contributed by atoms with Gasteiger partial charge in [0, 0.05) is 10.3 Å². The van der Waals surface area contributed by atoms with E-state index in [0.29, 0.717) is 16.3 Å². The predicted molar refractivity (Wildman–Crippen MR) is 79.8 cm³/mol. The highest BCUT2D eigenvalue weighted by atomic mass is 32.2. The zero-order valence-electron chi connectivity index (χ0n) is 11.1. The second kappa shape index (κ2) is 5.43. The normalized spacial score (nSPS) is 14.1. The van der Waals surface area contributed by atoms with E-state index in [-0.39, 0.29) is 0 Å². The molecule has 1 aliphatic heterocycles. The fourth-order valence-electron chi connectivity index (χ4n) is 2.19.